The maximum Gasteiger partial charge on any atom is 0.490 e. The Morgan fingerprint density at radius 1 is 1.19 bits per heavy atom. The number of allylic oxidation sites excluding steroid dienone is 1. The normalized spacial score (nSPS) is 13.2. The third-order valence-corrected chi connectivity index (χ3v) is 5.29. The van der Waals surface area contributed by atoms with E-state index in [1.54, 1.807) is 6.08 Å². The number of fused-ring (bicyclic) bond motifs is 3. The summed E-state index contributed by atoms with van der Waals surface area (Å²) in [5, 5.41) is 21.9. The number of benzene rings is 1. The van der Waals surface area contributed by atoms with Crippen molar-refractivity contribution in [2.75, 3.05) is 11.9 Å². The molecule has 0 saturated heterocycles. The SMILES string of the molecule is N=C/C=C\c1ncc(-c2nc(Nc3ccc4[nH]c5c(c4c3)CNCC5)ncc2F)[nH]1.O=C(O)C(F)(F)F. The number of alkyl halides is 3. The second-order valence-corrected chi connectivity index (χ2v) is 7.80. The van der Waals surface area contributed by atoms with Gasteiger partial charge in [-0.2, -0.15) is 13.2 Å². The van der Waals surface area contributed by atoms with Gasteiger partial charge in [-0.25, -0.2) is 24.1 Å². The highest BCUT2D eigenvalue weighted by Gasteiger charge is 2.38. The number of nitrogens with zero attached hydrogens (tertiary/aromatic N) is 3. The second kappa shape index (κ2) is 10.6. The van der Waals surface area contributed by atoms with E-state index < -0.39 is 18.0 Å². The number of nitrogens with one attached hydrogen (secondary N) is 5. The zero-order valence-corrected chi connectivity index (χ0v) is 18.9. The summed E-state index contributed by atoms with van der Waals surface area (Å²) in [5.74, 6) is -2.50. The number of H-pyrrole nitrogens is 2. The molecule has 0 amide bonds. The monoisotopic (exact) mass is 516 g/mol. The fourth-order valence-corrected chi connectivity index (χ4v) is 3.65. The largest absolute Gasteiger partial charge is 0.490 e. The lowest BCUT2D eigenvalue weighted by Crippen LogP contribution is -2.22. The molecule has 0 radical (unpaired) electrons. The zero-order valence-electron chi connectivity index (χ0n) is 18.9. The lowest BCUT2D eigenvalue weighted by molar-refractivity contribution is -0.192. The Hall–Kier alpha value is -4.59. The molecule has 0 aliphatic carbocycles. The summed E-state index contributed by atoms with van der Waals surface area (Å²) in [4.78, 5) is 27.9. The van der Waals surface area contributed by atoms with Crippen molar-refractivity contribution in [3.05, 3.63) is 59.6 Å². The maximum atomic E-state index is 14.3. The van der Waals surface area contributed by atoms with Gasteiger partial charge in [-0.15, -0.1) is 0 Å². The van der Waals surface area contributed by atoms with Crippen molar-refractivity contribution in [2.24, 2.45) is 0 Å². The molecular formula is C23H20F4N8O2. The Bertz CT molecular complexity index is 1480. The van der Waals surface area contributed by atoms with E-state index in [0.717, 1.165) is 48.5 Å². The van der Waals surface area contributed by atoms with Gasteiger partial charge >= 0.3 is 12.1 Å². The van der Waals surface area contributed by atoms with E-state index in [0.29, 0.717) is 17.5 Å². The van der Waals surface area contributed by atoms with E-state index in [4.69, 9.17) is 15.3 Å². The Balaban J connectivity index is 0.000000405. The van der Waals surface area contributed by atoms with Crippen molar-refractivity contribution in [1.29, 1.82) is 5.41 Å². The molecular weight excluding hydrogens is 496 g/mol. The first-order valence-corrected chi connectivity index (χ1v) is 10.8. The molecule has 0 saturated carbocycles. The molecule has 1 aliphatic rings. The van der Waals surface area contributed by atoms with Crippen molar-refractivity contribution in [3.8, 4) is 11.4 Å². The van der Waals surface area contributed by atoms with Crippen LogP contribution in [0.3, 0.4) is 0 Å². The van der Waals surface area contributed by atoms with E-state index >= 15 is 0 Å². The van der Waals surface area contributed by atoms with Crippen LogP contribution >= 0.6 is 0 Å². The maximum absolute atomic E-state index is 14.3. The molecule has 0 bridgehead atoms. The molecule has 0 spiro atoms. The number of halogens is 4. The quantitative estimate of drug-likeness (QED) is 0.172. The van der Waals surface area contributed by atoms with Crippen LogP contribution in [0.1, 0.15) is 17.1 Å². The molecule has 1 aromatic carbocycles. The fraction of sp³-hybridized carbons (Fsp3) is 0.174. The molecule has 14 heteroatoms. The van der Waals surface area contributed by atoms with Gasteiger partial charge in [-0.05, 0) is 35.9 Å². The summed E-state index contributed by atoms with van der Waals surface area (Å²) in [7, 11) is 0. The molecule has 0 atom stereocenters. The molecule has 192 valence electrons. The van der Waals surface area contributed by atoms with Gasteiger partial charge in [-0.1, -0.05) is 0 Å². The fourth-order valence-electron chi connectivity index (χ4n) is 3.65. The number of aliphatic carboxylic acids is 1. The smallest absolute Gasteiger partial charge is 0.475 e. The molecule has 5 rings (SSSR count). The summed E-state index contributed by atoms with van der Waals surface area (Å²) < 4.78 is 46.1. The average molecular weight is 516 g/mol. The number of aromatic amines is 2. The van der Waals surface area contributed by atoms with E-state index in [2.05, 4.69) is 41.6 Å². The lowest BCUT2D eigenvalue weighted by atomic mass is 10.1. The molecule has 10 nitrogen and oxygen atoms in total. The third kappa shape index (κ3) is 5.98. The number of anilines is 2. The Labute approximate surface area is 206 Å². The van der Waals surface area contributed by atoms with Crippen molar-refractivity contribution < 1.29 is 27.5 Å². The number of rotatable bonds is 5. The zero-order chi connectivity index (χ0) is 26.6. The summed E-state index contributed by atoms with van der Waals surface area (Å²) in [6.07, 6.45) is 2.83. The number of hydrogen-bond acceptors (Lipinski definition) is 7. The molecule has 3 aromatic heterocycles. The molecule has 4 aromatic rings. The lowest BCUT2D eigenvalue weighted by Gasteiger charge is -2.12. The highest BCUT2D eigenvalue weighted by Crippen LogP contribution is 2.29. The van der Waals surface area contributed by atoms with Gasteiger partial charge in [0.1, 0.15) is 11.5 Å². The standard InChI is InChI=1S/C21H19FN8.C2HF3O2/c22-15-10-26-21(30-20(15)18-11-25-19(29-18)2-1-6-23)27-12-3-4-16-13(8-12)14-9-24-7-5-17(14)28-16;3-2(4,5)1(6)7/h1-4,6,8,10-11,23-24,28H,5,7,9H2,(H,25,29)(H,26,27,30);(H,6,7)/b2-1-,23-6?;. The molecule has 37 heavy (non-hydrogen) atoms. The predicted molar refractivity (Wildman–Crippen MR) is 128 cm³/mol. The van der Waals surface area contributed by atoms with Crippen molar-refractivity contribution >= 4 is 40.8 Å². The summed E-state index contributed by atoms with van der Waals surface area (Å²) in [6.45, 7) is 1.81. The van der Waals surface area contributed by atoms with Gasteiger partial charge in [0.05, 0.1) is 18.1 Å². The van der Waals surface area contributed by atoms with Crippen molar-refractivity contribution in [1.82, 2.24) is 30.2 Å². The van der Waals surface area contributed by atoms with Crippen LogP contribution in [0.15, 0.2) is 36.7 Å². The Kier molecular flexibility index (Phi) is 7.29. The molecule has 4 heterocycles. The van der Waals surface area contributed by atoms with Crippen LogP contribution in [0.4, 0.5) is 29.2 Å². The van der Waals surface area contributed by atoms with E-state index in [1.165, 1.54) is 23.5 Å². The van der Waals surface area contributed by atoms with Crippen LogP contribution in [0.5, 0.6) is 0 Å². The number of aromatic nitrogens is 5. The molecule has 6 N–H and O–H groups in total. The first-order valence-electron chi connectivity index (χ1n) is 10.8. The molecule has 1 aliphatic heterocycles. The number of carboxylic acid groups (broad SMARTS) is 1. The van der Waals surface area contributed by atoms with Gasteiger partial charge in [0.25, 0.3) is 0 Å². The Morgan fingerprint density at radius 3 is 2.70 bits per heavy atom. The van der Waals surface area contributed by atoms with Gasteiger partial charge in [0, 0.05) is 48.0 Å². The van der Waals surface area contributed by atoms with Crippen LogP contribution in [0, 0.1) is 11.2 Å². The first kappa shape index (κ1) is 25.5. The van der Waals surface area contributed by atoms with E-state index in [-0.39, 0.29) is 5.69 Å². The number of carboxylic acids is 1. The van der Waals surface area contributed by atoms with Crippen molar-refractivity contribution in [2.45, 2.75) is 19.1 Å². The van der Waals surface area contributed by atoms with Crippen LogP contribution in [-0.4, -0.2) is 54.9 Å². The average Bonchev–Trinajstić information content (AvgIpc) is 3.48. The minimum Gasteiger partial charge on any atom is -0.475 e. The van der Waals surface area contributed by atoms with Crippen LogP contribution in [-0.2, 0) is 17.8 Å². The molecule has 0 unspecified atom stereocenters. The van der Waals surface area contributed by atoms with Crippen LogP contribution < -0.4 is 10.6 Å². The summed E-state index contributed by atoms with van der Waals surface area (Å²) in [6, 6.07) is 6.03. The number of imidazole rings is 1. The van der Waals surface area contributed by atoms with Gasteiger partial charge < -0.3 is 31.1 Å². The Morgan fingerprint density at radius 2 is 1.97 bits per heavy atom. The summed E-state index contributed by atoms with van der Waals surface area (Å²) >= 11 is 0. The van der Waals surface area contributed by atoms with Crippen molar-refractivity contribution in [3.63, 3.8) is 0 Å². The topological polar surface area (TPSA) is 155 Å². The van der Waals surface area contributed by atoms with Crippen LogP contribution in [0.2, 0.25) is 0 Å². The number of hydrogen-bond donors (Lipinski definition) is 6. The predicted octanol–water partition coefficient (Wildman–Crippen LogP) is 4.17. The van der Waals surface area contributed by atoms with Crippen LogP contribution in [0.25, 0.3) is 28.4 Å². The third-order valence-electron chi connectivity index (χ3n) is 5.29. The van der Waals surface area contributed by atoms with Gasteiger partial charge in [-0.3, -0.25) is 0 Å². The van der Waals surface area contributed by atoms with Gasteiger partial charge in [0.2, 0.25) is 5.95 Å². The minimum absolute atomic E-state index is 0.124. The van der Waals surface area contributed by atoms with E-state index in [9.17, 15) is 17.6 Å². The highest BCUT2D eigenvalue weighted by atomic mass is 19.4. The molecule has 0 fully saturated rings. The highest BCUT2D eigenvalue weighted by molar-refractivity contribution is 5.88. The minimum atomic E-state index is -5.08. The first-order chi connectivity index (χ1) is 17.7. The van der Waals surface area contributed by atoms with E-state index in [1.807, 2.05) is 12.1 Å². The number of carbonyl (C=O) groups is 1. The van der Waals surface area contributed by atoms with Gasteiger partial charge in [0.15, 0.2) is 5.82 Å². The summed E-state index contributed by atoms with van der Waals surface area (Å²) in [5.41, 5.74) is 5.03. The second-order valence-electron chi connectivity index (χ2n) is 7.80.